The Bertz CT molecular complexity index is 733. The van der Waals surface area contributed by atoms with Crippen LogP contribution in [0.4, 0.5) is 5.69 Å². The van der Waals surface area contributed by atoms with Gasteiger partial charge in [-0.05, 0) is 37.8 Å². The van der Waals surface area contributed by atoms with E-state index in [9.17, 15) is 20.0 Å². The van der Waals surface area contributed by atoms with Gasteiger partial charge in [0.15, 0.2) is 5.17 Å². The van der Waals surface area contributed by atoms with Crippen LogP contribution in [0.3, 0.4) is 0 Å². The van der Waals surface area contributed by atoms with Crippen LogP contribution < -0.4 is 0 Å². The molecule has 2 rings (SSSR count). The SMILES string of the molecule is CCN=C1S/C(=C\c2cc(Cl)cc([N+](=O)[O-])c2O)C(=O)N1CC. The highest BCUT2D eigenvalue weighted by Gasteiger charge is 2.32. The first-order valence-electron chi connectivity index (χ1n) is 6.81. The molecule has 0 spiro atoms. The number of rotatable bonds is 4. The molecule has 9 heteroatoms. The summed E-state index contributed by atoms with van der Waals surface area (Å²) in [5.41, 5.74) is -0.386. The van der Waals surface area contributed by atoms with Crippen molar-refractivity contribution < 1.29 is 14.8 Å². The molecule has 1 fully saturated rings. The summed E-state index contributed by atoms with van der Waals surface area (Å²) in [6.07, 6.45) is 1.39. The van der Waals surface area contributed by atoms with Gasteiger partial charge in [-0.3, -0.25) is 24.8 Å². The molecule has 0 atom stereocenters. The molecule has 1 saturated heterocycles. The smallest absolute Gasteiger partial charge is 0.312 e. The Balaban J connectivity index is 2.49. The number of thioether (sulfide) groups is 1. The molecule has 1 aromatic rings. The third-order valence-corrected chi connectivity index (χ3v) is 4.33. The van der Waals surface area contributed by atoms with Crippen molar-refractivity contribution in [2.75, 3.05) is 13.1 Å². The van der Waals surface area contributed by atoms with Gasteiger partial charge in [0.25, 0.3) is 5.91 Å². The zero-order valence-electron chi connectivity index (χ0n) is 12.4. The number of nitro groups is 1. The standard InChI is InChI=1S/C14H14ClN3O4S/c1-3-16-14-17(4-2)13(20)11(23-14)6-8-5-9(15)7-10(12(8)19)18(21)22/h5-7,19H,3-4H2,1-2H3/b11-6-,16-14?. The number of hydrogen-bond acceptors (Lipinski definition) is 6. The van der Waals surface area contributed by atoms with Gasteiger partial charge < -0.3 is 5.11 Å². The van der Waals surface area contributed by atoms with Crippen molar-refractivity contribution in [2.45, 2.75) is 13.8 Å². The summed E-state index contributed by atoms with van der Waals surface area (Å²) >= 11 is 7.01. The van der Waals surface area contributed by atoms with Crippen LogP contribution in [0.25, 0.3) is 6.08 Å². The number of amides is 1. The Hall–Kier alpha value is -2.06. The number of likely N-dealkylation sites (N-methyl/N-ethyl adjacent to an activating group) is 1. The minimum Gasteiger partial charge on any atom is -0.502 e. The van der Waals surface area contributed by atoms with Crippen LogP contribution in [0.5, 0.6) is 5.75 Å². The van der Waals surface area contributed by atoms with E-state index in [0.29, 0.717) is 23.2 Å². The fourth-order valence-corrected chi connectivity index (χ4v) is 3.35. The number of carbonyl (C=O) groups is 1. The molecule has 23 heavy (non-hydrogen) atoms. The normalized spacial score (nSPS) is 18.2. The Morgan fingerprint density at radius 2 is 2.17 bits per heavy atom. The number of phenolic OH excluding ortho intramolecular Hbond substituents is 1. The van der Waals surface area contributed by atoms with E-state index in [1.807, 2.05) is 13.8 Å². The largest absolute Gasteiger partial charge is 0.502 e. The highest BCUT2D eigenvalue weighted by atomic mass is 35.5. The van der Waals surface area contributed by atoms with Gasteiger partial charge in [0.05, 0.1) is 9.83 Å². The number of phenols is 1. The van der Waals surface area contributed by atoms with Gasteiger partial charge >= 0.3 is 5.69 Å². The summed E-state index contributed by atoms with van der Waals surface area (Å²) in [6.45, 7) is 4.69. The van der Waals surface area contributed by atoms with Crippen molar-refractivity contribution >= 4 is 46.2 Å². The van der Waals surface area contributed by atoms with Crippen molar-refractivity contribution in [1.29, 1.82) is 0 Å². The van der Waals surface area contributed by atoms with Gasteiger partial charge in [-0.25, -0.2) is 0 Å². The van der Waals surface area contributed by atoms with E-state index in [0.717, 1.165) is 17.8 Å². The zero-order chi connectivity index (χ0) is 17.1. The highest BCUT2D eigenvalue weighted by Crippen LogP contribution is 2.38. The second-order valence-electron chi connectivity index (χ2n) is 4.54. The lowest BCUT2D eigenvalue weighted by Gasteiger charge is -2.11. The van der Waals surface area contributed by atoms with Gasteiger partial charge in [0.1, 0.15) is 0 Å². The molecule has 0 bridgehead atoms. The van der Waals surface area contributed by atoms with Gasteiger partial charge in [-0.1, -0.05) is 11.6 Å². The van der Waals surface area contributed by atoms with Gasteiger partial charge in [-0.2, -0.15) is 0 Å². The first-order chi connectivity index (χ1) is 10.9. The van der Waals surface area contributed by atoms with E-state index in [4.69, 9.17) is 11.6 Å². The van der Waals surface area contributed by atoms with Gasteiger partial charge in [0, 0.05) is 29.7 Å². The molecule has 0 radical (unpaired) electrons. The van der Waals surface area contributed by atoms with Crippen LogP contribution in [-0.2, 0) is 4.79 Å². The number of hydrogen-bond donors (Lipinski definition) is 1. The first kappa shape index (κ1) is 17.3. The van der Waals surface area contributed by atoms with Crippen LogP contribution in [0.2, 0.25) is 5.02 Å². The summed E-state index contributed by atoms with van der Waals surface area (Å²) in [5, 5.41) is 21.6. The Labute approximate surface area is 141 Å². The van der Waals surface area contributed by atoms with E-state index < -0.39 is 16.4 Å². The summed E-state index contributed by atoms with van der Waals surface area (Å²) < 4.78 is 0. The van der Waals surface area contributed by atoms with Crippen LogP contribution in [0, 0.1) is 10.1 Å². The average Bonchev–Trinajstić information content (AvgIpc) is 2.78. The van der Waals surface area contributed by atoms with Crippen molar-refractivity contribution in [3.63, 3.8) is 0 Å². The van der Waals surface area contributed by atoms with Gasteiger partial charge in [0.2, 0.25) is 5.75 Å². The number of halogens is 1. The maximum Gasteiger partial charge on any atom is 0.312 e. The first-order valence-corrected chi connectivity index (χ1v) is 8.01. The van der Waals surface area contributed by atoms with Crippen molar-refractivity contribution in [3.8, 4) is 5.75 Å². The van der Waals surface area contributed by atoms with E-state index in [-0.39, 0.29) is 16.5 Å². The third kappa shape index (κ3) is 3.48. The number of amidine groups is 1. The summed E-state index contributed by atoms with van der Waals surface area (Å²) in [6, 6.07) is 2.43. The highest BCUT2D eigenvalue weighted by molar-refractivity contribution is 8.18. The topological polar surface area (TPSA) is 96.0 Å². The Morgan fingerprint density at radius 1 is 1.48 bits per heavy atom. The van der Waals surface area contributed by atoms with Crippen molar-refractivity contribution in [3.05, 3.63) is 37.7 Å². The molecule has 1 aliphatic heterocycles. The van der Waals surface area contributed by atoms with Crippen molar-refractivity contribution in [1.82, 2.24) is 4.90 Å². The number of nitro benzene ring substituents is 1. The maximum absolute atomic E-state index is 12.3. The number of benzene rings is 1. The number of aliphatic imine (C=N–C) groups is 1. The van der Waals surface area contributed by atoms with Crippen molar-refractivity contribution in [2.24, 2.45) is 4.99 Å². The molecule has 1 heterocycles. The molecule has 122 valence electrons. The van der Waals surface area contributed by atoms with Crippen LogP contribution in [0.1, 0.15) is 19.4 Å². The number of nitrogens with zero attached hydrogens (tertiary/aromatic N) is 3. The second kappa shape index (κ2) is 7.01. The predicted octanol–water partition coefficient (Wildman–Crippen LogP) is 3.27. The molecule has 1 amide bonds. The Morgan fingerprint density at radius 3 is 2.74 bits per heavy atom. The summed E-state index contributed by atoms with van der Waals surface area (Å²) in [4.78, 5) is 28.6. The van der Waals surface area contributed by atoms with Crippen LogP contribution >= 0.6 is 23.4 Å². The molecule has 7 nitrogen and oxygen atoms in total. The number of carbonyl (C=O) groups excluding carboxylic acids is 1. The van der Waals surface area contributed by atoms with Crippen LogP contribution in [-0.4, -0.2) is 39.1 Å². The van der Waals surface area contributed by atoms with E-state index >= 15 is 0 Å². The van der Waals surface area contributed by atoms with Crippen LogP contribution in [0.15, 0.2) is 22.0 Å². The number of aromatic hydroxyl groups is 1. The quantitative estimate of drug-likeness (QED) is 0.508. The van der Waals surface area contributed by atoms with E-state index in [1.165, 1.54) is 17.0 Å². The molecule has 0 saturated carbocycles. The summed E-state index contributed by atoms with van der Waals surface area (Å²) in [7, 11) is 0. The predicted molar refractivity (Wildman–Crippen MR) is 90.7 cm³/mol. The minimum absolute atomic E-state index is 0.103. The lowest BCUT2D eigenvalue weighted by molar-refractivity contribution is -0.385. The Kier molecular flexibility index (Phi) is 5.27. The third-order valence-electron chi connectivity index (χ3n) is 3.07. The van der Waals surface area contributed by atoms with E-state index in [1.54, 1.807) is 0 Å². The zero-order valence-corrected chi connectivity index (χ0v) is 14.0. The molecule has 1 aromatic carbocycles. The minimum atomic E-state index is -0.727. The molecular formula is C14H14ClN3O4S. The monoisotopic (exact) mass is 355 g/mol. The van der Waals surface area contributed by atoms with Gasteiger partial charge in [-0.15, -0.1) is 0 Å². The maximum atomic E-state index is 12.3. The second-order valence-corrected chi connectivity index (χ2v) is 5.98. The molecule has 1 N–H and O–H groups in total. The summed E-state index contributed by atoms with van der Waals surface area (Å²) in [5.74, 6) is -0.782. The molecule has 0 aliphatic carbocycles. The molecular weight excluding hydrogens is 342 g/mol. The average molecular weight is 356 g/mol. The fourth-order valence-electron chi connectivity index (χ4n) is 2.04. The molecule has 0 unspecified atom stereocenters. The lowest BCUT2D eigenvalue weighted by atomic mass is 10.1. The fraction of sp³-hybridized carbons (Fsp3) is 0.286. The molecule has 1 aliphatic rings. The molecule has 0 aromatic heterocycles. The lowest BCUT2D eigenvalue weighted by Crippen LogP contribution is -2.28. The van der Waals surface area contributed by atoms with E-state index in [2.05, 4.69) is 4.99 Å².